The molecule has 1 aliphatic carbocycles. The van der Waals surface area contributed by atoms with Crippen molar-refractivity contribution in [1.82, 2.24) is 5.32 Å². The molecule has 3 nitrogen and oxygen atoms in total. The minimum Gasteiger partial charge on any atom is -0.345 e. The molecule has 0 unspecified atom stereocenters. The van der Waals surface area contributed by atoms with E-state index in [1.807, 2.05) is 6.07 Å². The third-order valence-corrected chi connectivity index (χ3v) is 6.45. The van der Waals surface area contributed by atoms with Gasteiger partial charge in [0.2, 0.25) is 0 Å². The van der Waals surface area contributed by atoms with Crippen LogP contribution in [0.25, 0.3) is 0 Å². The first-order valence-electron chi connectivity index (χ1n) is 5.54. The first kappa shape index (κ1) is 13.5. The zero-order chi connectivity index (χ0) is 12.5. The van der Waals surface area contributed by atoms with E-state index in [0.29, 0.717) is 11.4 Å². The van der Waals surface area contributed by atoms with Crippen LogP contribution in [-0.4, -0.2) is 18.0 Å². The van der Waals surface area contributed by atoms with Gasteiger partial charge >= 0.3 is 0 Å². The van der Waals surface area contributed by atoms with Crippen LogP contribution in [0, 0.1) is 0 Å². The van der Waals surface area contributed by atoms with Crippen LogP contribution in [-0.2, 0) is 0 Å². The maximum atomic E-state index is 12.1. The Morgan fingerprint density at radius 2 is 2.12 bits per heavy atom. The molecule has 2 rings (SSSR count). The number of nitrogens with two attached hydrogens (primary N) is 1. The van der Waals surface area contributed by atoms with Crippen molar-refractivity contribution in [1.29, 1.82) is 0 Å². The minimum absolute atomic E-state index is 0.0197. The van der Waals surface area contributed by atoms with Crippen molar-refractivity contribution in [3.8, 4) is 0 Å². The van der Waals surface area contributed by atoms with E-state index in [-0.39, 0.29) is 11.4 Å². The molecule has 1 heterocycles. The predicted molar refractivity (Wildman–Crippen MR) is 77.4 cm³/mol. The van der Waals surface area contributed by atoms with Crippen molar-refractivity contribution in [3.63, 3.8) is 0 Å². The van der Waals surface area contributed by atoms with Gasteiger partial charge in [0, 0.05) is 11.0 Å². The summed E-state index contributed by atoms with van der Waals surface area (Å²) in [5, 5.41) is 3.10. The lowest BCUT2D eigenvalue weighted by molar-refractivity contribution is 0.0907. The third kappa shape index (κ3) is 2.92. The summed E-state index contributed by atoms with van der Waals surface area (Å²) in [7, 11) is 0. The average molecular weight is 382 g/mol. The van der Waals surface area contributed by atoms with Crippen molar-refractivity contribution < 1.29 is 4.79 Å². The molecule has 1 aliphatic rings. The van der Waals surface area contributed by atoms with Gasteiger partial charge in [0.1, 0.15) is 0 Å². The Morgan fingerprint density at radius 3 is 2.59 bits per heavy atom. The number of amides is 1. The van der Waals surface area contributed by atoms with E-state index in [4.69, 9.17) is 5.73 Å². The van der Waals surface area contributed by atoms with Gasteiger partial charge < -0.3 is 11.1 Å². The normalized spacial score (nSPS) is 18.3. The third-order valence-electron chi connectivity index (χ3n) is 3.20. The van der Waals surface area contributed by atoms with E-state index in [1.165, 1.54) is 11.3 Å². The van der Waals surface area contributed by atoms with E-state index < -0.39 is 0 Å². The van der Waals surface area contributed by atoms with Crippen LogP contribution in [0.15, 0.2) is 14.3 Å². The molecule has 0 radical (unpaired) electrons. The summed E-state index contributed by atoms with van der Waals surface area (Å²) < 4.78 is 1.86. The van der Waals surface area contributed by atoms with Crippen LogP contribution < -0.4 is 11.1 Å². The summed E-state index contributed by atoms with van der Waals surface area (Å²) in [5.74, 6) is -0.0197. The molecule has 0 spiro atoms. The molecule has 0 aliphatic heterocycles. The molecule has 94 valence electrons. The molecule has 3 N–H and O–H groups in total. The lowest BCUT2D eigenvalue weighted by Crippen LogP contribution is -2.51. The van der Waals surface area contributed by atoms with Gasteiger partial charge in [-0.2, -0.15) is 0 Å². The van der Waals surface area contributed by atoms with Crippen molar-refractivity contribution in [3.05, 3.63) is 19.2 Å². The van der Waals surface area contributed by atoms with Crippen molar-refractivity contribution in [2.45, 2.75) is 31.2 Å². The molecule has 1 saturated carbocycles. The van der Waals surface area contributed by atoms with E-state index in [0.717, 1.165) is 33.9 Å². The fourth-order valence-electron chi connectivity index (χ4n) is 2.19. The summed E-state index contributed by atoms with van der Waals surface area (Å²) in [4.78, 5) is 12.8. The molecule has 1 aromatic rings. The van der Waals surface area contributed by atoms with Gasteiger partial charge in [-0.1, -0.05) is 12.8 Å². The molecule has 0 bridgehead atoms. The van der Waals surface area contributed by atoms with Crippen molar-refractivity contribution in [2.75, 3.05) is 6.54 Å². The molecule has 1 amide bonds. The maximum Gasteiger partial charge on any atom is 0.261 e. The van der Waals surface area contributed by atoms with Crippen LogP contribution >= 0.6 is 43.2 Å². The predicted octanol–water partition coefficient (Wildman–Crippen LogP) is 3.27. The number of rotatable bonds is 3. The number of carbonyl (C=O) groups excluding carboxylic acids is 1. The summed E-state index contributed by atoms with van der Waals surface area (Å²) >= 11 is 8.21. The summed E-state index contributed by atoms with van der Waals surface area (Å²) in [5.41, 5.74) is 5.62. The van der Waals surface area contributed by atoms with E-state index >= 15 is 0 Å². The van der Waals surface area contributed by atoms with E-state index in [9.17, 15) is 4.79 Å². The summed E-state index contributed by atoms with van der Waals surface area (Å²) in [6.07, 6.45) is 4.27. The van der Waals surface area contributed by atoms with E-state index in [2.05, 4.69) is 37.2 Å². The lowest BCUT2D eigenvalue weighted by Gasteiger charge is -2.28. The largest absolute Gasteiger partial charge is 0.345 e. The molecular formula is C11H14Br2N2OS. The van der Waals surface area contributed by atoms with Gasteiger partial charge in [-0.3, -0.25) is 4.79 Å². The average Bonchev–Trinajstić information content (AvgIpc) is 2.88. The van der Waals surface area contributed by atoms with Crippen LogP contribution in [0.4, 0.5) is 0 Å². The first-order valence-corrected chi connectivity index (χ1v) is 7.94. The second-order valence-electron chi connectivity index (χ2n) is 4.38. The number of halogens is 2. The Balaban J connectivity index is 2.10. The number of hydrogen-bond acceptors (Lipinski definition) is 3. The Kier molecular flexibility index (Phi) is 4.28. The minimum atomic E-state index is -0.181. The fraction of sp³-hybridized carbons (Fsp3) is 0.545. The van der Waals surface area contributed by atoms with Gasteiger partial charge in [0.25, 0.3) is 5.91 Å². The molecule has 17 heavy (non-hydrogen) atoms. The molecule has 6 heteroatoms. The monoisotopic (exact) mass is 380 g/mol. The second-order valence-corrected chi connectivity index (χ2v) is 7.60. The summed E-state index contributed by atoms with van der Waals surface area (Å²) in [6, 6.07) is 1.84. The quantitative estimate of drug-likeness (QED) is 0.844. The van der Waals surface area contributed by atoms with Crippen LogP contribution in [0.2, 0.25) is 0 Å². The molecule has 0 saturated heterocycles. The van der Waals surface area contributed by atoms with Crippen LogP contribution in [0.5, 0.6) is 0 Å². The first-order chi connectivity index (χ1) is 8.06. The number of nitrogens with one attached hydrogen (secondary N) is 1. The van der Waals surface area contributed by atoms with Crippen molar-refractivity contribution >= 4 is 49.1 Å². The second kappa shape index (κ2) is 5.38. The summed E-state index contributed by atoms with van der Waals surface area (Å²) in [6.45, 7) is 0.520. The van der Waals surface area contributed by atoms with Crippen LogP contribution in [0.1, 0.15) is 35.4 Å². The zero-order valence-electron chi connectivity index (χ0n) is 9.26. The number of thiophene rings is 1. The molecular weight excluding hydrogens is 368 g/mol. The van der Waals surface area contributed by atoms with Crippen LogP contribution in [0.3, 0.4) is 0 Å². The lowest BCUT2D eigenvalue weighted by atomic mass is 9.98. The highest BCUT2D eigenvalue weighted by molar-refractivity contribution is 9.13. The zero-order valence-corrected chi connectivity index (χ0v) is 13.3. The Bertz CT molecular complexity index is 408. The van der Waals surface area contributed by atoms with E-state index in [1.54, 1.807) is 0 Å². The molecule has 1 aromatic heterocycles. The highest BCUT2D eigenvalue weighted by atomic mass is 79.9. The topological polar surface area (TPSA) is 55.1 Å². The van der Waals surface area contributed by atoms with Gasteiger partial charge in [0.05, 0.1) is 14.2 Å². The van der Waals surface area contributed by atoms with Gasteiger partial charge in [-0.15, -0.1) is 11.3 Å². The van der Waals surface area contributed by atoms with Gasteiger partial charge in [0.15, 0.2) is 0 Å². The van der Waals surface area contributed by atoms with Gasteiger partial charge in [-0.25, -0.2) is 0 Å². The van der Waals surface area contributed by atoms with Gasteiger partial charge in [-0.05, 0) is 50.8 Å². The molecule has 0 atom stereocenters. The highest BCUT2D eigenvalue weighted by Crippen LogP contribution is 2.34. The molecule has 1 fully saturated rings. The smallest absolute Gasteiger partial charge is 0.261 e. The van der Waals surface area contributed by atoms with Crippen molar-refractivity contribution in [2.24, 2.45) is 5.73 Å². The Hall–Kier alpha value is 0.0900. The molecule has 0 aromatic carbocycles. The SMILES string of the molecule is NCC1(NC(=O)c2cc(Br)c(Br)s2)CCCC1. The number of hydrogen-bond donors (Lipinski definition) is 2. The fourth-order valence-corrected chi connectivity index (χ4v) is 4.12. The standard InChI is InChI=1S/C11H14Br2N2OS/c12-7-5-8(17-9(7)13)10(16)15-11(6-14)3-1-2-4-11/h5H,1-4,6,14H2,(H,15,16). The maximum absolute atomic E-state index is 12.1. The highest BCUT2D eigenvalue weighted by Gasteiger charge is 2.34. The Morgan fingerprint density at radius 1 is 1.47 bits per heavy atom. The Labute approximate surface area is 121 Å². The number of carbonyl (C=O) groups is 1.